The van der Waals surface area contributed by atoms with Gasteiger partial charge in [-0.25, -0.2) is 4.90 Å². The summed E-state index contributed by atoms with van der Waals surface area (Å²) >= 11 is 1.45. The number of carbonyl (C=O) groups is 2. The molecule has 140 valence electrons. The molecule has 0 aliphatic carbocycles. The summed E-state index contributed by atoms with van der Waals surface area (Å²) in [4.78, 5) is 25.8. The molecular weight excluding hydrogens is 360 g/mol. The lowest BCUT2D eigenvalue weighted by atomic mass is 10.2. The van der Waals surface area contributed by atoms with Crippen molar-refractivity contribution >= 4 is 29.3 Å². The third-order valence-corrected chi connectivity index (χ3v) is 5.15. The second kappa shape index (κ2) is 11.4. The van der Waals surface area contributed by atoms with Crippen molar-refractivity contribution in [1.82, 2.24) is 0 Å². The number of unbranched alkanes of at least 4 members (excludes halogenated alkanes) is 3. The standard InChI is InChI=1S/C18H26N2O3S.ClH/c1-2-3-4-5-11-23-15-8-6-14(7-9-15)20-17(21)13-16(18(20)22)24-12-10-19;/h6-9,16H,2-5,10-13,19H2,1H3;1H/p-1. The van der Waals surface area contributed by atoms with Crippen LogP contribution in [0.15, 0.2) is 24.3 Å². The second-order valence-corrected chi connectivity index (χ2v) is 7.13. The van der Waals surface area contributed by atoms with Crippen molar-refractivity contribution in [3.8, 4) is 5.75 Å². The van der Waals surface area contributed by atoms with E-state index in [-0.39, 0.29) is 35.9 Å². The highest BCUT2D eigenvalue weighted by Gasteiger charge is 2.39. The lowest BCUT2D eigenvalue weighted by molar-refractivity contribution is -0.121. The first-order chi connectivity index (χ1) is 11.7. The Labute approximate surface area is 160 Å². The second-order valence-electron chi connectivity index (χ2n) is 5.82. The Bertz CT molecular complexity index is 554. The Morgan fingerprint density at radius 2 is 1.92 bits per heavy atom. The maximum Gasteiger partial charge on any atom is 0.247 e. The molecular formula is C18H26ClN2O3S-. The highest BCUT2D eigenvalue weighted by atomic mass is 35.5. The maximum atomic E-state index is 12.4. The number of anilines is 1. The van der Waals surface area contributed by atoms with Gasteiger partial charge >= 0.3 is 0 Å². The third kappa shape index (κ3) is 6.20. The Hall–Kier alpha value is -1.24. The number of rotatable bonds is 10. The molecule has 1 aromatic carbocycles. The predicted octanol–water partition coefficient (Wildman–Crippen LogP) is -0.0265. The molecule has 1 fully saturated rings. The normalized spacial score (nSPS) is 16.9. The molecule has 5 nitrogen and oxygen atoms in total. The van der Waals surface area contributed by atoms with E-state index in [2.05, 4.69) is 6.92 Å². The minimum atomic E-state index is -0.310. The van der Waals surface area contributed by atoms with E-state index in [1.807, 2.05) is 12.1 Å². The first-order valence-electron chi connectivity index (χ1n) is 8.58. The molecule has 1 aliphatic heterocycles. The van der Waals surface area contributed by atoms with Gasteiger partial charge in [-0.15, -0.1) is 11.8 Å². The predicted molar refractivity (Wildman–Crippen MR) is 98.5 cm³/mol. The van der Waals surface area contributed by atoms with E-state index in [0.29, 0.717) is 24.6 Å². The molecule has 1 aliphatic rings. The Kier molecular flexibility index (Phi) is 9.93. The smallest absolute Gasteiger partial charge is 0.247 e. The summed E-state index contributed by atoms with van der Waals surface area (Å²) in [6.07, 6.45) is 4.90. The van der Waals surface area contributed by atoms with Gasteiger partial charge in [0.05, 0.1) is 17.5 Å². The van der Waals surface area contributed by atoms with E-state index in [0.717, 1.165) is 12.2 Å². The number of halogens is 1. The number of nitrogens with two attached hydrogens (primary N) is 1. The van der Waals surface area contributed by atoms with Gasteiger partial charge in [-0.1, -0.05) is 26.2 Å². The first kappa shape index (κ1) is 21.8. The zero-order chi connectivity index (χ0) is 17.4. The minimum absolute atomic E-state index is 0. The van der Waals surface area contributed by atoms with Crippen LogP contribution in [0, 0.1) is 0 Å². The first-order valence-corrected chi connectivity index (χ1v) is 9.63. The van der Waals surface area contributed by atoms with Crippen molar-refractivity contribution in [3.05, 3.63) is 24.3 Å². The average Bonchev–Trinajstić information content (AvgIpc) is 2.87. The lowest BCUT2D eigenvalue weighted by Crippen LogP contribution is -3.00. The van der Waals surface area contributed by atoms with Crippen LogP contribution in [-0.4, -0.2) is 36.0 Å². The summed E-state index contributed by atoms with van der Waals surface area (Å²) in [5.41, 5.74) is 6.08. The van der Waals surface area contributed by atoms with Gasteiger partial charge in [-0.3, -0.25) is 9.59 Å². The van der Waals surface area contributed by atoms with Crippen LogP contribution in [0.3, 0.4) is 0 Å². The molecule has 2 amide bonds. The number of nitrogens with zero attached hydrogens (tertiary/aromatic N) is 1. The molecule has 2 N–H and O–H groups in total. The molecule has 1 heterocycles. The number of thioether (sulfide) groups is 1. The van der Waals surface area contributed by atoms with Crippen LogP contribution < -0.4 is 27.8 Å². The lowest BCUT2D eigenvalue weighted by Gasteiger charge is -2.15. The van der Waals surface area contributed by atoms with Crippen LogP contribution in [0.5, 0.6) is 5.75 Å². The van der Waals surface area contributed by atoms with E-state index in [1.165, 1.54) is 35.9 Å². The number of carbonyl (C=O) groups excluding carboxylic acids is 2. The van der Waals surface area contributed by atoms with Crippen LogP contribution in [0.1, 0.15) is 39.0 Å². The topological polar surface area (TPSA) is 72.6 Å². The van der Waals surface area contributed by atoms with E-state index in [4.69, 9.17) is 10.5 Å². The van der Waals surface area contributed by atoms with E-state index in [1.54, 1.807) is 12.1 Å². The highest BCUT2D eigenvalue weighted by molar-refractivity contribution is 8.00. The van der Waals surface area contributed by atoms with Crippen molar-refractivity contribution in [3.63, 3.8) is 0 Å². The molecule has 1 atom stereocenters. The van der Waals surface area contributed by atoms with Crippen molar-refractivity contribution in [2.24, 2.45) is 5.73 Å². The fourth-order valence-corrected chi connectivity index (χ4v) is 3.56. The molecule has 7 heteroatoms. The molecule has 2 rings (SSSR count). The summed E-state index contributed by atoms with van der Waals surface area (Å²) in [5, 5.41) is -0.310. The van der Waals surface area contributed by atoms with Gasteiger partial charge in [-0.05, 0) is 30.7 Å². The van der Waals surface area contributed by atoms with Crippen LogP contribution in [0.4, 0.5) is 5.69 Å². The number of imide groups is 1. The van der Waals surface area contributed by atoms with Crippen molar-refractivity contribution in [2.45, 2.75) is 44.3 Å². The molecule has 1 aromatic rings. The number of hydrogen-bond acceptors (Lipinski definition) is 5. The molecule has 0 aromatic heterocycles. The van der Waals surface area contributed by atoms with E-state index < -0.39 is 0 Å². The molecule has 0 radical (unpaired) electrons. The minimum Gasteiger partial charge on any atom is -1.00 e. The monoisotopic (exact) mass is 385 g/mol. The summed E-state index contributed by atoms with van der Waals surface area (Å²) < 4.78 is 5.69. The maximum absolute atomic E-state index is 12.4. The van der Waals surface area contributed by atoms with E-state index >= 15 is 0 Å². The Balaban J connectivity index is 0.00000312. The van der Waals surface area contributed by atoms with Gasteiger partial charge in [0.1, 0.15) is 5.75 Å². The Morgan fingerprint density at radius 1 is 1.20 bits per heavy atom. The molecule has 0 saturated carbocycles. The summed E-state index contributed by atoms with van der Waals surface area (Å²) in [5.74, 6) is 1.15. The largest absolute Gasteiger partial charge is 1.00 e. The van der Waals surface area contributed by atoms with Crippen LogP contribution in [0.25, 0.3) is 0 Å². The Morgan fingerprint density at radius 3 is 2.56 bits per heavy atom. The molecule has 0 spiro atoms. The molecule has 25 heavy (non-hydrogen) atoms. The highest BCUT2D eigenvalue weighted by Crippen LogP contribution is 2.30. The zero-order valence-corrected chi connectivity index (χ0v) is 16.2. The van der Waals surface area contributed by atoms with Gasteiger partial charge in [0.15, 0.2) is 0 Å². The number of hydrogen-bond donors (Lipinski definition) is 1. The SMILES string of the molecule is CCCCCCOc1ccc(N2C(=O)CC(SCCN)C2=O)cc1.[Cl-]. The van der Waals surface area contributed by atoms with Crippen LogP contribution in [0.2, 0.25) is 0 Å². The summed E-state index contributed by atoms with van der Waals surface area (Å²) in [6, 6.07) is 7.17. The van der Waals surface area contributed by atoms with Gasteiger partial charge in [-0.2, -0.15) is 0 Å². The summed E-state index contributed by atoms with van der Waals surface area (Å²) in [6.45, 7) is 3.38. The van der Waals surface area contributed by atoms with Gasteiger partial charge in [0.2, 0.25) is 11.8 Å². The van der Waals surface area contributed by atoms with Gasteiger partial charge in [0, 0.05) is 18.7 Å². The quantitative estimate of drug-likeness (QED) is 0.452. The van der Waals surface area contributed by atoms with Gasteiger partial charge in [0.25, 0.3) is 0 Å². The fraction of sp³-hybridized carbons (Fsp3) is 0.556. The number of ether oxygens (including phenoxy) is 1. The van der Waals surface area contributed by atoms with Crippen molar-refractivity contribution in [2.75, 3.05) is 23.8 Å². The number of benzene rings is 1. The summed E-state index contributed by atoms with van der Waals surface area (Å²) in [7, 11) is 0. The zero-order valence-electron chi connectivity index (χ0n) is 14.6. The van der Waals surface area contributed by atoms with Crippen LogP contribution >= 0.6 is 11.8 Å². The van der Waals surface area contributed by atoms with Gasteiger partial charge < -0.3 is 22.9 Å². The number of amides is 2. The molecule has 1 saturated heterocycles. The fourth-order valence-electron chi connectivity index (χ4n) is 2.63. The molecule has 0 bridgehead atoms. The van der Waals surface area contributed by atoms with Crippen molar-refractivity contribution in [1.29, 1.82) is 0 Å². The third-order valence-electron chi connectivity index (χ3n) is 3.90. The molecule has 1 unspecified atom stereocenters. The average molecular weight is 386 g/mol. The van der Waals surface area contributed by atoms with Crippen molar-refractivity contribution < 1.29 is 26.7 Å². The van der Waals surface area contributed by atoms with E-state index in [9.17, 15) is 9.59 Å². The van der Waals surface area contributed by atoms with Crippen LogP contribution in [-0.2, 0) is 9.59 Å².